The Bertz CT molecular complexity index is 560. The van der Waals surface area contributed by atoms with Crippen LogP contribution in [-0.2, 0) is 12.7 Å². The van der Waals surface area contributed by atoms with Gasteiger partial charge in [-0.2, -0.15) is 13.2 Å². The number of nitrogens with zero attached hydrogens (tertiary/aromatic N) is 1. The monoisotopic (exact) mass is 331 g/mol. The highest BCUT2D eigenvalue weighted by atomic mass is 19.4. The highest BCUT2D eigenvalue weighted by molar-refractivity contribution is 5.31. The molecular weight excluding hydrogens is 310 g/mol. The molecule has 128 valence electrons. The molecule has 0 saturated heterocycles. The molecule has 2 saturated carbocycles. The molecule has 1 N–H and O–H groups in total. The van der Waals surface area contributed by atoms with Gasteiger partial charge in [-0.15, -0.1) is 0 Å². The first kappa shape index (κ1) is 16.7. The minimum Gasteiger partial charge on any atom is -0.393 e. The molecule has 0 aliphatic heterocycles. The van der Waals surface area contributed by atoms with Gasteiger partial charge in [-0.1, -0.05) is 12.1 Å². The van der Waals surface area contributed by atoms with Crippen molar-refractivity contribution in [2.75, 3.05) is 7.05 Å². The van der Waals surface area contributed by atoms with Gasteiger partial charge in [0.05, 0.1) is 11.7 Å². The molecule has 2 fully saturated rings. The van der Waals surface area contributed by atoms with Crippen molar-refractivity contribution < 1.29 is 22.7 Å². The average molecular weight is 331 g/mol. The van der Waals surface area contributed by atoms with Crippen molar-refractivity contribution in [3.05, 3.63) is 35.1 Å². The number of aliphatic hydroxyl groups excluding tert-OH is 1. The molecule has 1 aromatic carbocycles. The minimum absolute atomic E-state index is 0.0166. The molecule has 2 nitrogen and oxygen atoms in total. The average Bonchev–Trinajstić information content (AvgIpc) is 2.94. The van der Waals surface area contributed by atoms with Crippen molar-refractivity contribution in [1.82, 2.24) is 4.90 Å². The van der Waals surface area contributed by atoms with Crippen LogP contribution in [0.25, 0.3) is 0 Å². The van der Waals surface area contributed by atoms with Gasteiger partial charge < -0.3 is 5.11 Å². The summed E-state index contributed by atoms with van der Waals surface area (Å²) >= 11 is 0. The summed E-state index contributed by atoms with van der Waals surface area (Å²) in [4.78, 5) is 1.90. The second kappa shape index (κ2) is 6.06. The van der Waals surface area contributed by atoms with Gasteiger partial charge in [0.2, 0.25) is 0 Å². The van der Waals surface area contributed by atoms with E-state index in [-0.39, 0.29) is 24.3 Å². The van der Waals surface area contributed by atoms with E-state index in [2.05, 4.69) is 0 Å². The summed E-state index contributed by atoms with van der Waals surface area (Å²) < 4.78 is 52.9. The van der Waals surface area contributed by atoms with Gasteiger partial charge >= 0.3 is 6.18 Å². The summed E-state index contributed by atoms with van der Waals surface area (Å²) in [6.07, 6.45) is -1.52. The standard InChI is InChI=1S/C17H21F4NO/c1-22(13-5-11-7-14(23)8-12(11)6-13)9-10-3-2-4-15(18)16(10)17(19,20)21/h2-4,11-14,23H,5-9H2,1H3/t11-,12+,13?,14?. The quantitative estimate of drug-likeness (QED) is 0.851. The van der Waals surface area contributed by atoms with Crippen LogP contribution in [0.5, 0.6) is 0 Å². The number of benzene rings is 1. The second-order valence-electron chi connectivity index (χ2n) is 6.96. The first-order valence-electron chi connectivity index (χ1n) is 7.98. The molecule has 0 spiro atoms. The van der Waals surface area contributed by atoms with Crippen LogP contribution >= 0.6 is 0 Å². The van der Waals surface area contributed by atoms with E-state index in [0.29, 0.717) is 11.8 Å². The predicted molar refractivity (Wildman–Crippen MR) is 78.1 cm³/mol. The molecule has 0 heterocycles. The Hall–Kier alpha value is -1.14. The Labute approximate surface area is 133 Å². The summed E-state index contributed by atoms with van der Waals surface area (Å²) in [5.41, 5.74) is -1.17. The summed E-state index contributed by atoms with van der Waals surface area (Å²) in [5, 5.41) is 9.67. The van der Waals surface area contributed by atoms with Crippen LogP contribution in [0.4, 0.5) is 17.6 Å². The van der Waals surface area contributed by atoms with Gasteiger partial charge in [0.1, 0.15) is 5.82 Å². The molecule has 3 rings (SSSR count). The SMILES string of the molecule is CN(Cc1cccc(F)c1C(F)(F)F)C1C[C@H]2CC(O)C[C@H]2C1. The maximum Gasteiger partial charge on any atom is 0.419 e. The van der Waals surface area contributed by atoms with Crippen molar-refractivity contribution >= 4 is 0 Å². The van der Waals surface area contributed by atoms with Crippen LogP contribution in [-0.4, -0.2) is 29.2 Å². The van der Waals surface area contributed by atoms with Crippen LogP contribution in [0.1, 0.15) is 36.8 Å². The first-order chi connectivity index (χ1) is 10.8. The topological polar surface area (TPSA) is 23.5 Å². The zero-order chi connectivity index (χ0) is 16.8. The summed E-state index contributed by atoms with van der Waals surface area (Å²) in [7, 11) is 1.80. The lowest BCUT2D eigenvalue weighted by molar-refractivity contribution is -0.140. The lowest BCUT2D eigenvalue weighted by Crippen LogP contribution is -2.31. The maximum atomic E-state index is 13.6. The molecule has 2 aliphatic rings. The lowest BCUT2D eigenvalue weighted by Gasteiger charge is -2.27. The second-order valence-corrected chi connectivity index (χ2v) is 6.96. The zero-order valence-corrected chi connectivity index (χ0v) is 13.0. The van der Waals surface area contributed by atoms with E-state index in [0.717, 1.165) is 31.7 Å². The largest absolute Gasteiger partial charge is 0.419 e. The van der Waals surface area contributed by atoms with Crippen LogP contribution < -0.4 is 0 Å². The van der Waals surface area contributed by atoms with Crippen molar-refractivity contribution in [3.63, 3.8) is 0 Å². The Kier molecular flexibility index (Phi) is 4.40. The number of hydrogen-bond donors (Lipinski definition) is 1. The number of alkyl halides is 3. The maximum absolute atomic E-state index is 13.6. The van der Waals surface area contributed by atoms with Crippen LogP contribution in [0, 0.1) is 17.7 Å². The van der Waals surface area contributed by atoms with Gasteiger partial charge in [0.15, 0.2) is 0 Å². The fourth-order valence-electron chi connectivity index (χ4n) is 4.33. The summed E-state index contributed by atoms with van der Waals surface area (Å²) in [6.45, 7) is 0.0826. The smallest absolute Gasteiger partial charge is 0.393 e. The van der Waals surface area contributed by atoms with Crippen molar-refractivity contribution in [3.8, 4) is 0 Å². The zero-order valence-electron chi connectivity index (χ0n) is 13.0. The van der Waals surface area contributed by atoms with Crippen molar-refractivity contribution in [1.29, 1.82) is 0 Å². The lowest BCUT2D eigenvalue weighted by atomic mass is 10.0. The first-order valence-corrected chi connectivity index (χ1v) is 7.98. The van der Waals surface area contributed by atoms with Crippen molar-refractivity contribution in [2.24, 2.45) is 11.8 Å². The normalized spacial score (nSPS) is 30.9. The van der Waals surface area contributed by atoms with Gasteiger partial charge in [-0.3, -0.25) is 4.90 Å². The molecule has 2 unspecified atom stereocenters. The molecule has 23 heavy (non-hydrogen) atoms. The minimum atomic E-state index is -4.68. The van der Waals surface area contributed by atoms with E-state index in [1.165, 1.54) is 12.1 Å². The van der Waals surface area contributed by atoms with Gasteiger partial charge in [0.25, 0.3) is 0 Å². The molecule has 6 heteroatoms. The Morgan fingerprint density at radius 2 is 1.74 bits per heavy atom. The van der Waals surface area contributed by atoms with Gasteiger partial charge in [-0.05, 0) is 56.2 Å². The molecule has 4 atom stereocenters. The van der Waals surface area contributed by atoms with E-state index in [1.54, 1.807) is 7.05 Å². The van der Waals surface area contributed by atoms with E-state index in [9.17, 15) is 22.7 Å². The predicted octanol–water partition coefficient (Wildman–Crippen LogP) is 3.83. The number of fused-ring (bicyclic) bond motifs is 1. The van der Waals surface area contributed by atoms with Gasteiger partial charge in [0, 0.05) is 12.6 Å². The summed E-state index contributed by atoms with van der Waals surface area (Å²) in [5.74, 6) is -0.283. The molecule has 0 radical (unpaired) electrons. The van der Waals surface area contributed by atoms with Crippen LogP contribution in [0.3, 0.4) is 0 Å². The van der Waals surface area contributed by atoms with Crippen LogP contribution in [0.2, 0.25) is 0 Å². The Morgan fingerprint density at radius 3 is 2.30 bits per heavy atom. The summed E-state index contributed by atoms with van der Waals surface area (Å²) in [6, 6.07) is 3.73. The van der Waals surface area contributed by atoms with E-state index in [4.69, 9.17) is 0 Å². The molecule has 1 aromatic rings. The molecule has 0 aromatic heterocycles. The van der Waals surface area contributed by atoms with E-state index < -0.39 is 17.6 Å². The highest BCUT2D eigenvalue weighted by Crippen LogP contribution is 2.46. The third kappa shape index (κ3) is 3.38. The van der Waals surface area contributed by atoms with E-state index in [1.807, 2.05) is 4.90 Å². The third-order valence-electron chi connectivity index (χ3n) is 5.39. The third-order valence-corrected chi connectivity index (χ3v) is 5.39. The van der Waals surface area contributed by atoms with Crippen molar-refractivity contribution in [2.45, 2.75) is 50.6 Å². The number of hydrogen-bond acceptors (Lipinski definition) is 2. The molecule has 0 bridgehead atoms. The van der Waals surface area contributed by atoms with Crippen LogP contribution in [0.15, 0.2) is 18.2 Å². The van der Waals surface area contributed by atoms with Gasteiger partial charge in [-0.25, -0.2) is 4.39 Å². The molecular formula is C17H21F4NO. The highest BCUT2D eigenvalue weighted by Gasteiger charge is 2.43. The Morgan fingerprint density at radius 1 is 1.13 bits per heavy atom. The van der Waals surface area contributed by atoms with E-state index >= 15 is 0 Å². The Balaban J connectivity index is 1.72. The number of aliphatic hydroxyl groups is 1. The molecule has 0 amide bonds. The molecule has 2 aliphatic carbocycles. The fourth-order valence-corrected chi connectivity index (χ4v) is 4.33. The number of rotatable bonds is 3. The fraction of sp³-hybridized carbons (Fsp3) is 0.647. The number of halogens is 4.